The van der Waals surface area contributed by atoms with Crippen LogP contribution in [0.1, 0.15) is 35.1 Å². The lowest BCUT2D eigenvalue weighted by Gasteiger charge is -2.15. The molecule has 0 aromatic carbocycles. The molecule has 0 fully saturated rings. The molecule has 1 amide bonds. The molecule has 3 nitrogen and oxygen atoms in total. The third-order valence-corrected chi connectivity index (χ3v) is 4.83. The molecule has 19 heavy (non-hydrogen) atoms. The Morgan fingerprint density at radius 2 is 2.26 bits per heavy atom. The smallest absolute Gasteiger partial charge is 0.265 e. The van der Waals surface area contributed by atoms with Gasteiger partial charge in [-0.15, -0.1) is 11.3 Å². The molecule has 2 rings (SSSR count). The Kier molecular flexibility index (Phi) is 4.71. The van der Waals surface area contributed by atoms with E-state index in [0.717, 1.165) is 40.5 Å². The topological polar surface area (TPSA) is 33.2 Å². The summed E-state index contributed by atoms with van der Waals surface area (Å²) in [5.41, 5.74) is 1.94. The largest absolute Gasteiger partial charge is 0.341 e. The molecule has 2 aromatic rings. The number of thiophene rings is 1. The first kappa shape index (κ1) is 14.2. The number of amides is 1. The molecule has 2 heterocycles. The molecule has 0 radical (unpaired) electrons. The van der Waals surface area contributed by atoms with Crippen LogP contribution in [0.2, 0.25) is 0 Å². The van der Waals surface area contributed by atoms with Gasteiger partial charge >= 0.3 is 0 Å². The van der Waals surface area contributed by atoms with Gasteiger partial charge in [0, 0.05) is 24.5 Å². The third kappa shape index (κ3) is 3.22. The quantitative estimate of drug-likeness (QED) is 0.833. The van der Waals surface area contributed by atoms with E-state index in [1.165, 1.54) is 11.3 Å². The van der Waals surface area contributed by atoms with Crippen LogP contribution in [0, 0.1) is 6.92 Å². The maximum atomic E-state index is 12.4. The van der Waals surface area contributed by atoms with Crippen LogP contribution in [-0.4, -0.2) is 29.4 Å². The summed E-state index contributed by atoms with van der Waals surface area (Å²) in [6.45, 7) is 4.85. The van der Waals surface area contributed by atoms with Crippen molar-refractivity contribution in [2.24, 2.45) is 0 Å². The van der Waals surface area contributed by atoms with Gasteiger partial charge in [-0.3, -0.25) is 4.79 Å². The molecule has 0 N–H and O–H groups in total. The van der Waals surface area contributed by atoms with Crippen LogP contribution in [0.4, 0.5) is 0 Å². The maximum Gasteiger partial charge on any atom is 0.265 e. The highest BCUT2D eigenvalue weighted by molar-refractivity contribution is 7.17. The van der Waals surface area contributed by atoms with Crippen molar-refractivity contribution < 1.29 is 4.79 Å². The van der Waals surface area contributed by atoms with E-state index in [2.05, 4.69) is 17.3 Å². The summed E-state index contributed by atoms with van der Waals surface area (Å²) in [6, 6.07) is 2.04. The van der Waals surface area contributed by atoms with E-state index in [1.807, 2.05) is 25.4 Å². The van der Waals surface area contributed by atoms with Crippen molar-refractivity contribution in [3.8, 4) is 10.6 Å². The van der Waals surface area contributed by atoms with Gasteiger partial charge in [0.15, 0.2) is 0 Å². The number of aromatic nitrogens is 1. The molecule has 0 aliphatic heterocycles. The molecular formula is C14H18N2OS2. The van der Waals surface area contributed by atoms with Gasteiger partial charge in [-0.05, 0) is 24.8 Å². The molecule has 2 aromatic heterocycles. The van der Waals surface area contributed by atoms with Crippen LogP contribution in [0.3, 0.4) is 0 Å². The SMILES string of the molecule is CCCCN(C)C(=O)c1sc(-c2ccsc2)nc1C. The Bertz CT molecular complexity index is 546. The Balaban J connectivity index is 2.19. The number of hydrogen-bond acceptors (Lipinski definition) is 4. The Labute approximate surface area is 121 Å². The van der Waals surface area contributed by atoms with Gasteiger partial charge in [0.1, 0.15) is 9.88 Å². The highest BCUT2D eigenvalue weighted by atomic mass is 32.1. The standard InChI is InChI=1S/C14H18N2OS2/c1-4-5-7-16(3)14(17)12-10(2)15-13(19-12)11-6-8-18-9-11/h6,8-9H,4-5,7H2,1-3H3. The van der Waals surface area contributed by atoms with E-state index in [4.69, 9.17) is 0 Å². The first-order valence-corrected chi connectivity index (χ1v) is 8.15. The average Bonchev–Trinajstić information content (AvgIpc) is 3.03. The number of nitrogens with zero attached hydrogens (tertiary/aromatic N) is 2. The van der Waals surface area contributed by atoms with Gasteiger partial charge in [0.05, 0.1) is 5.69 Å². The molecule has 5 heteroatoms. The summed E-state index contributed by atoms with van der Waals surface area (Å²) in [7, 11) is 1.86. The van der Waals surface area contributed by atoms with Crippen molar-refractivity contribution in [3.05, 3.63) is 27.4 Å². The lowest BCUT2D eigenvalue weighted by Crippen LogP contribution is -2.27. The molecule has 0 aliphatic rings. The van der Waals surface area contributed by atoms with Gasteiger partial charge < -0.3 is 4.90 Å². The van der Waals surface area contributed by atoms with Crippen LogP contribution < -0.4 is 0 Å². The minimum absolute atomic E-state index is 0.0879. The van der Waals surface area contributed by atoms with Gasteiger partial charge in [0.2, 0.25) is 0 Å². The Morgan fingerprint density at radius 3 is 2.89 bits per heavy atom. The van der Waals surface area contributed by atoms with Crippen LogP contribution in [-0.2, 0) is 0 Å². The second kappa shape index (κ2) is 6.30. The fourth-order valence-electron chi connectivity index (χ4n) is 1.77. The van der Waals surface area contributed by atoms with Gasteiger partial charge in [-0.2, -0.15) is 11.3 Å². The predicted octanol–water partition coefficient (Wildman–Crippen LogP) is 4.05. The lowest BCUT2D eigenvalue weighted by atomic mass is 10.3. The number of carbonyl (C=O) groups is 1. The molecule has 0 atom stereocenters. The molecule has 0 bridgehead atoms. The summed E-state index contributed by atoms with van der Waals surface area (Å²) in [5, 5.41) is 5.03. The van der Waals surface area contributed by atoms with Crippen molar-refractivity contribution >= 4 is 28.6 Å². The Morgan fingerprint density at radius 1 is 1.47 bits per heavy atom. The van der Waals surface area contributed by atoms with Crippen LogP contribution >= 0.6 is 22.7 Å². The second-order valence-electron chi connectivity index (χ2n) is 4.53. The maximum absolute atomic E-state index is 12.4. The van der Waals surface area contributed by atoms with Crippen molar-refractivity contribution in [3.63, 3.8) is 0 Å². The number of thiazole rings is 1. The van der Waals surface area contributed by atoms with Crippen LogP contribution in [0.15, 0.2) is 16.8 Å². The number of unbranched alkanes of at least 4 members (excludes halogenated alkanes) is 1. The monoisotopic (exact) mass is 294 g/mol. The fourth-order valence-corrected chi connectivity index (χ4v) is 3.55. The molecule has 0 unspecified atom stereocenters. The first-order chi connectivity index (χ1) is 9.13. The summed E-state index contributed by atoms with van der Waals surface area (Å²) in [5.74, 6) is 0.0879. The lowest BCUT2D eigenvalue weighted by molar-refractivity contribution is 0.0797. The van der Waals surface area contributed by atoms with Crippen molar-refractivity contribution in [2.45, 2.75) is 26.7 Å². The second-order valence-corrected chi connectivity index (χ2v) is 6.30. The zero-order chi connectivity index (χ0) is 13.8. The third-order valence-electron chi connectivity index (χ3n) is 2.95. The summed E-state index contributed by atoms with van der Waals surface area (Å²) in [4.78, 5) is 19.4. The minimum Gasteiger partial charge on any atom is -0.341 e. The van der Waals surface area contributed by atoms with E-state index < -0.39 is 0 Å². The summed E-state index contributed by atoms with van der Waals surface area (Å²) >= 11 is 3.14. The summed E-state index contributed by atoms with van der Waals surface area (Å²) < 4.78 is 0. The molecular weight excluding hydrogens is 276 g/mol. The van der Waals surface area contributed by atoms with E-state index in [0.29, 0.717) is 0 Å². The van der Waals surface area contributed by atoms with Gasteiger partial charge in [0.25, 0.3) is 5.91 Å². The highest BCUT2D eigenvalue weighted by Crippen LogP contribution is 2.29. The number of hydrogen-bond donors (Lipinski definition) is 0. The molecule has 0 aliphatic carbocycles. The Hall–Kier alpha value is -1.20. The number of aryl methyl sites for hydroxylation is 1. The minimum atomic E-state index is 0.0879. The van der Waals surface area contributed by atoms with Crippen molar-refractivity contribution in [2.75, 3.05) is 13.6 Å². The highest BCUT2D eigenvalue weighted by Gasteiger charge is 2.19. The van der Waals surface area contributed by atoms with Crippen molar-refractivity contribution in [1.29, 1.82) is 0 Å². The normalized spacial score (nSPS) is 10.7. The fraction of sp³-hybridized carbons (Fsp3) is 0.429. The van der Waals surface area contributed by atoms with Crippen LogP contribution in [0.5, 0.6) is 0 Å². The average molecular weight is 294 g/mol. The van der Waals surface area contributed by atoms with E-state index in [9.17, 15) is 4.79 Å². The molecule has 0 saturated carbocycles. The zero-order valence-corrected chi connectivity index (χ0v) is 13.1. The predicted molar refractivity (Wildman–Crippen MR) is 82.0 cm³/mol. The van der Waals surface area contributed by atoms with E-state index >= 15 is 0 Å². The zero-order valence-electron chi connectivity index (χ0n) is 11.5. The van der Waals surface area contributed by atoms with Gasteiger partial charge in [-0.1, -0.05) is 13.3 Å². The van der Waals surface area contributed by atoms with E-state index in [-0.39, 0.29) is 5.91 Å². The molecule has 0 spiro atoms. The van der Waals surface area contributed by atoms with Crippen molar-refractivity contribution in [1.82, 2.24) is 9.88 Å². The molecule has 102 valence electrons. The molecule has 0 saturated heterocycles. The number of carbonyl (C=O) groups excluding carboxylic acids is 1. The van der Waals surface area contributed by atoms with Gasteiger partial charge in [-0.25, -0.2) is 4.98 Å². The van der Waals surface area contributed by atoms with E-state index in [1.54, 1.807) is 16.2 Å². The first-order valence-electron chi connectivity index (χ1n) is 6.39. The van der Waals surface area contributed by atoms with Crippen LogP contribution in [0.25, 0.3) is 10.6 Å². The summed E-state index contributed by atoms with van der Waals surface area (Å²) in [6.07, 6.45) is 2.14. The number of rotatable bonds is 5.